The summed E-state index contributed by atoms with van der Waals surface area (Å²) in [6.45, 7) is 5.27. The maximum atomic E-state index is 6.30. The SMILES string of the molecule is CCCn1cc(C(C)(N)C2CC2)cn1. The minimum absolute atomic E-state index is 0.161. The van der Waals surface area contributed by atoms with Gasteiger partial charge in [-0.2, -0.15) is 5.10 Å². The normalized spacial score (nSPS) is 20.8. The molecule has 1 heterocycles. The fraction of sp³-hybridized carbons (Fsp3) is 0.727. The van der Waals surface area contributed by atoms with Crippen LogP contribution in [0.5, 0.6) is 0 Å². The molecule has 1 saturated carbocycles. The topological polar surface area (TPSA) is 43.8 Å². The van der Waals surface area contributed by atoms with Crippen molar-refractivity contribution in [2.24, 2.45) is 11.7 Å². The van der Waals surface area contributed by atoms with Gasteiger partial charge in [-0.15, -0.1) is 0 Å². The standard InChI is InChI=1S/C11H19N3/c1-3-6-14-8-10(7-13-14)11(2,12)9-4-5-9/h7-9H,3-6,12H2,1-2H3. The fourth-order valence-electron chi connectivity index (χ4n) is 1.91. The number of hydrogen-bond donors (Lipinski definition) is 1. The summed E-state index contributed by atoms with van der Waals surface area (Å²) < 4.78 is 1.99. The summed E-state index contributed by atoms with van der Waals surface area (Å²) in [5.74, 6) is 0.668. The predicted octanol–water partition coefficient (Wildman–Crippen LogP) is 1.88. The number of aromatic nitrogens is 2. The molecule has 1 aliphatic carbocycles. The third-order valence-electron chi connectivity index (χ3n) is 3.13. The molecule has 0 aliphatic heterocycles. The zero-order valence-corrected chi connectivity index (χ0v) is 9.03. The summed E-state index contributed by atoms with van der Waals surface area (Å²) in [6.07, 6.45) is 7.68. The molecule has 3 heteroatoms. The molecule has 3 nitrogen and oxygen atoms in total. The summed E-state index contributed by atoms with van der Waals surface area (Å²) in [5, 5.41) is 4.32. The molecule has 1 aliphatic rings. The molecule has 14 heavy (non-hydrogen) atoms. The Balaban J connectivity index is 2.14. The lowest BCUT2D eigenvalue weighted by molar-refractivity contribution is 0.426. The van der Waals surface area contributed by atoms with E-state index in [9.17, 15) is 0 Å². The molecule has 0 bridgehead atoms. The van der Waals surface area contributed by atoms with Gasteiger partial charge < -0.3 is 5.73 Å². The van der Waals surface area contributed by atoms with Gasteiger partial charge in [-0.05, 0) is 32.1 Å². The highest BCUT2D eigenvalue weighted by Gasteiger charge is 2.40. The smallest absolute Gasteiger partial charge is 0.0540 e. The lowest BCUT2D eigenvalue weighted by Gasteiger charge is -2.22. The summed E-state index contributed by atoms with van der Waals surface area (Å²) in [5.41, 5.74) is 7.33. The molecule has 0 amide bonds. The molecule has 1 unspecified atom stereocenters. The Labute approximate surface area is 85.3 Å². The zero-order chi connectivity index (χ0) is 10.2. The molecule has 1 atom stereocenters. The minimum Gasteiger partial charge on any atom is -0.321 e. The fourth-order valence-corrected chi connectivity index (χ4v) is 1.91. The van der Waals surface area contributed by atoms with Crippen LogP contribution < -0.4 is 5.73 Å². The highest BCUT2D eigenvalue weighted by atomic mass is 15.3. The molecule has 1 fully saturated rings. The number of aryl methyl sites for hydroxylation is 1. The quantitative estimate of drug-likeness (QED) is 0.793. The number of nitrogens with zero attached hydrogens (tertiary/aromatic N) is 2. The van der Waals surface area contributed by atoms with Gasteiger partial charge in [0.1, 0.15) is 0 Å². The van der Waals surface area contributed by atoms with Gasteiger partial charge in [0.05, 0.1) is 6.20 Å². The first kappa shape index (κ1) is 9.71. The average Bonchev–Trinajstić information content (AvgIpc) is 2.89. The van der Waals surface area contributed by atoms with Crippen molar-refractivity contribution in [3.05, 3.63) is 18.0 Å². The van der Waals surface area contributed by atoms with Crippen molar-refractivity contribution in [3.63, 3.8) is 0 Å². The molecular weight excluding hydrogens is 174 g/mol. The second-order valence-corrected chi connectivity index (χ2v) is 4.55. The Morgan fingerprint density at radius 1 is 1.64 bits per heavy atom. The van der Waals surface area contributed by atoms with Crippen LogP contribution in [0.1, 0.15) is 38.7 Å². The van der Waals surface area contributed by atoms with E-state index in [1.807, 2.05) is 10.9 Å². The number of hydrogen-bond acceptors (Lipinski definition) is 2. The maximum absolute atomic E-state index is 6.30. The second-order valence-electron chi connectivity index (χ2n) is 4.55. The van der Waals surface area contributed by atoms with Crippen molar-refractivity contribution in [1.82, 2.24) is 9.78 Å². The summed E-state index contributed by atoms with van der Waals surface area (Å²) in [4.78, 5) is 0. The van der Waals surface area contributed by atoms with Gasteiger partial charge in [0, 0.05) is 23.8 Å². The van der Waals surface area contributed by atoms with Crippen LogP contribution in [0.3, 0.4) is 0 Å². The van der Waals surface area contributed by atoms with E-state index in [0.29, 0.717) is 5.92 Å². The van der Waals surface area contributed by atoms with Crippen LogP contribution in [-0.4, -0.2) is 9.78 Å². The third kappa shape index (κ3) is 1.69. The largest absolute Gasteiger partial charge is 0.321 e. The Kier molecular flexibility index (Phi) is 2.35. The predicted molar refractivity (Wildman–Crippen MR) is 56.8 cm³/mol. The Morgan fingerprint density at radius 3 is 2.93 bits per heavy atom. The maximum Gasteiger partial charge on any atom is 0.0540 e. The van der Waals surface area contributed by atoms with Crippen LogP contribution in [0.25, 0.3) is 0 Å². The van der Waals surface area contributed by atoms with E-state index < -0.39 is 0 Å². The van der Waals surface area contributed by atoms with Gasteiger partial charge in [-0.3, -0.25) is 4.68 Å². The van der Waals surface area contributed by atoms with Gasteiger partial charge in [-0.1, -0.05) is 6.92 Å². The first-order valence-corrected chi connectivity index (χ1v) is 5.46. The van der Waals surface area contributed by atoms with Crippen LogP contribution in [-0.2, 0) is 12.1 Å². The molecule has 0 spiro atoms. The molecule has 0 aromatic carbocycles. The summed E-state index contributed by atoms with van der Waals surface area (Å²) >= 11 is 0. The van der Waals surface area contributed by atoms with Crippen LogP contribution in [0.2, 0.25) is 0 Å². The summed E-state index contributed by atoms with van der Waals surface area (Å²) in [6, 6.07) is 0. The molecule has 1 aromatic heterocycles. The first-order valence-electron chi connectivity index (χ1n) is 5.46. The van der Waals surface area contributed by atoms with Crippen molar-refractivity contribution < 1.29 is 0 Å². The molecule has 78 valence electrons. The van der Waals surface area contributed by atoms with E-state index >= 15 is 0 Å². The van der Waals surface area contributed by atoms with Gasteiger partial charge in [-0.25, -0.2) is 0 Å². The third-order valence-corrected chi connectivity index (χ3v) is 3.13. The molecule has 0 radical (unpaired) electrons. The first-order chi connectivity index (χ1) is 6.64. The van der Waals surface area contributed by atoms with Crippen molar-refractivity contribution in [2.45, 2.75) is 45.2 Å². The summed E-state index contributed by atoms with van der Waals surface area (Å²) in [7, 11) is 0. The zero-order valence-electron chi connectivity index (χ0n) is 9.03. The van der Waals surface area contributed by atoms with Crippen molar-refractivity contribution in [1.29, 1.82) is 0 Å². The van der Waals surface area contributed by atoms with E-state index in [2.05, 4.69) is 25.1 Å². The lowest BCUT2D eigenvalue weighted by Crippen LogP contribution is -2.34. The van der Waals surface area contributed by atoms with Crippen LogP contribution in [0, 0.1) is 5.92 Å². The number of nitrogens with two attached hydrogens (primary N) is 1. The van der Waals surface area contributed by atoms with E-state index in [-0.39, 0.29) is 5.54 Å². The number of rotatable bonds is 4. The Bertz CT molecular complexity index is 310. The van der Waals surface area contributed by atoms with E-state index in [1.54, 1.807) is 0 Å². The van der Waals surface area contributed by atoms with Gasteiger partial charge >= 0.3 is 0 Å². The van der Waals surface area contributed by atoms with Crippen LogP contribution in [0.4, 0.5) is 0 Å². The van der Waals surface area contributed by atoms with E-state index in [1.165, 1.54) is 18.4 Å². The van der Waals surface area contributed by atoms with Gasteiger partial charge in [0.25, 0.3) is 0 Å². The second kappa shape index (κ2) is 3.39. The Morgan fingerprint density at radius 2 is 2.36 bits per heavy atom. The Hall–Kier alpha value is -0.830. The molecule has 0 saturated heterocycles. The van der Waals surface area contributed by atoms with E-state index in [0.717, 1.165) is 13.0 Å². The average molecular weight is 193 g/mol. The molecular formula is C11H19N3. The van der Waals surface area contributed by atoms with E-state index in [4.69, 9.17) is 5.73 Å². The molecule has 2 N–H and O–H groups in total. The van der Waals surface area contributed by atoms with Gasteiger partial charge in [0.15, 0.2) is 0 Å². The van der Waals surface area contributed by atoms with Crippen LogP contribution >= 0.6 is 0 Å². The highest BCUT2D eigenvalue weighted by Crippen LogP contribution is 2.43. The van der Waals surface area contributed by atoms with Crippen LogP contribution in [0.15, 0.2) is 12.4 Å². The van der Waals surface area contributed by atoms with Gasteiger partial charge in [0.2, 0.25) is 0 Å². The lowest BCUT2D eigenvalue weighted by atomic mass is 9.91. The monoisotopic (exact) mass is 193 g/mol. The van der Waals surface area contributed by atoms with Crippen molar-refractivity contribution >= 4 is 0 Å². The highest BCUT2D eigenvalue weighted by molar-refractivity contribution is 5.20. The minimum atomic E-state index is -0.161. The molecule has 1 aromatic rings. The van der Waals surface area contributed by atoms with Crippen molar-refractivity contribution in [2.75, 3.05) is 0 Å². The molecule has 2 rings (SSSR count). The van der Waals surface area contributed by atoms with Crippen molar-refractivity contribution in [3.8, 4) is 0 Å².